The number of carbonyl (C=O) groups excluding carboxylic acids is 2. The van der Waals surface area contributed by atoms with Crippen molar-refractivity contribution in [1.82, 2.24) is 4.90 Å². The van der Waals surface area contributed by atoms with Crippen LogP contribution >= 0.6 is 23.2 Å². The summed E-state index contributed by atoms with van der Waals surface area (Å²) in [4.78, 5) is 26.2. The third-order valence-corrected chi connectivity index (χ3v) is 4.48. The average molecular weight is 344 g/mol. The summed E-state index contributed by atoms with van der Waals surface area (Å²) in [7, 11) is 0. The summed E-state index contributed by atoms with van der Waals surface area (Å²) < 4.78 is 5.07. The Hall–Kier alpha value is -1.26. The molecule has 120 valence electrons. The van der Waals surface area contributed by atoms with Crippen LogP contribution in [0.4, 0.5) is 0 Å². The van der Waals surface area contributed by atoms with Gasteiger partial charge in [0.2, 0.25) is 5.91 Å². The molecule has 1 heterocycles. The number of likely N-dealkylation sites (tertiary alicyclic amines) is 1. The van der Waals surface area contributed by atoms with Gasteiger partial charge in [-0.15, -0.1) is 0 Å². The first-order valence-electron chi connectivity index (χ1n) is 7.43. The van der Waals surface area contributed by atoms with Gasteiger partial charge in [-0.2, -0.15) is 0 Å². The molecule has 1 atom stereocenters. The number of hydrogen-bond acceptors (Lipinski definition) is 3. The Kier molecular flexibility index (Phi) is 6.09. The third kappa shape index (κ3) is 3.93. The van der Waals surface area contributed by atoms with E-state index >= 15 is 0 Å². The normalized spacial score (nSPS) is 18.1. The van der Waals surface area contributed by atoms with Crippen molar-refractivity contribution in [2.45, 2.75) is 38.6 Å². The molecule has 0 spiro atoms. The smallest absolute Gasteiger partial charge is 0.328 e. The summed E-state index contributed by atoms with van der Waals surface area (Å²) in [5.41, 5.74) is 0.601. The van der Waals surface area contributed by atoms with Crippen molar-refractivity contribution in [2.75, 3.05) is 13.2 Å². The maximum atomic E-state index is 12.6. The van der Waals surface area contributed by atoms with Crippen LogP contribution in [0.1, 0.15) is 31.7 Å². The Morgan fingerprint density at radius 3 is 2.59 bits per heavy atom. The molecular formula is C16H19Cl2NO3. The maximum absolute atomic E-state index is 12.6. The molecule has 2 rings (SSSR count). The molecule has 1 aromatic rings. The van der Waals surface area contributed by atoms with Crippen molar-refractivity contribution in [3.63, 3.8) is 0 Å². The van der Waals surface area contributed by atoms with Gasteiger partial charge in [0.1, 0.15) is 6.04 Å². The lowest BCUT2D eigenvalue weighted by molar-refractivity contribution is -0.156. The fraction of sp³-hybridized carbons (Fsp3) is 0.500. The molecule has 6 heteroatoms. The monoisotopic (exact) mass is 343 g/mol. The molecule has 0 saturated carbocycles. The van der Waals surface area contributed by atoms with Gasteiger partial charge in [-0.3, -0.25) is 4.79 Å². The minimum Gasteiger partial charge on any atom is -0.464 e. The number of carbonyl (C=O) groups is 2. The number of nitrogens with zero attached hydrogens (tertiary/aromatic N) is 1. The molecule has 1 saturated heterocycles. The standard InChI is InChI=1S/C16H19Cl2NO3/c1-2-22-16(21)14-8-3-4-9-19(14)15(20)10-11-12(17)6-5-7-13(11)18/h5-7,14H,2-4,8-10H2,1H3. The van der Waals surface area contributed by atoms with Gasteiger partial charge in [0.05, 0.1) is 13.0 Å². The van der Waals surface area contributed by atoms with E-state index in [-0.39, 0.29) is 18.3 Å². The lowest BCUT2D eigenvalue weighted by Gasteiger charge is -2.34. The van der Waals surface area contributed by atoms with Crippen molar-refractivity contribution >= 4 is 35.1 Å². The van der Waals surface area contributed by atoms with E-state index in [9.17, 15) is 9.59 Å². The zero-order chi connectivity index (χ0) is 16.1. The molecule has 1 fully saturated rings. The van der Waals surface area contributed by atoms with Gasteiger partial charge in [-0.25, -0.2) is 4.79 Å². The largest absolute Gasteiger partial charge is 0.464 e. The Morgan fingerprint density at radius 2 is 1.95 bits per heavy atom. The highest BCUT2D eigenvalue weighted by Crippen LogP contribution is 2.26. The predicted octanol–water partition coefficient (Wildman–Crippen LogP) is 3.48. The summed E-state index contributed by atoms with van der Waals surface area (Å²) in [5, 5.41) is 0.927. The Balaban J connectivity index is 2.14. The third-order valence-electron chi connectivity index (χ3n) is 3.77. The first-order valence-corrected chi connectivity index (χ1v) is 8.19. The molecule has 1 aliphatic heterocycles. The molecule has 1 aromatic carbocycles. The van der Waals surface area contributed by atoms with Gasteiger partial charge in [0.25, 0.3) is 0 Å². The maximum Gasteiger partial charge on any atom is 0.328 e. The van der Waals surface area contributed by atoms with E-state index in [1.54, 1.807) is 30.0 Å². The van der Waals surface area contributed by atoms with E-state index in [4.69, 9.17) is 27.9 Å². The van der Waals surface area contributed by atoms with E-state index in [1.165, 1.54) is 0 Å². The second-order valence-corrected chi connectivity index (χ2v) is 6.04. The van der Waals surface area contributed by atoms with Gasteiger partial charge in [0.15, 0.2) is 0 Å². The molecule has 0 aromatic heterocycles. The summed E-state index contributed by atoms with van der Waals surface area (Å²) in [6.45, 7) is 2.63. The number of piperidine rings is 1. The fourth-order valence-corrected chi connectivity index (χ4v) is 3.20. The van der Waals surface area contributed by atoms with Crippen LogP contribution in [0.15, 0.2) is 18.2 Å². The number of ether oxygens (including phenoxy) is 1. The van der Waals surface area contributed by atoms with Crippen LogP contribution in [0.3, 0.4) is 0 Å². The SMILES string of the molecule is CCOC(=O)C1CCCCN1C(=O)Cc1c(Cl)cccc1Cl. The zero-order valence-corrected chi connectivity index (χ0v) is 14.0. The Bertz CT molecular complexity index is 542. The van der Waals surface area contributed by atoms with Gasteiger partial charge < -0.3 is 9.64 Å². The van der Waals surface area contributed by atoms with Crippen molar-refractivity contribution in [1.29, 1.82) is 0 Å². The van der Waals surface area contributed by atoms with Gasteiger partial charge in [-0.05, 0) is 43.9 Å². The van der Waals surface area contributed by atoms with Crippen molar-refractivity contribution in [3.8, 4) is 0 Å². The number of rotatable bonds is 4. The van der Waals surface area contributed by atoms with E-state index in [1.807, 2.05) is 0 Å². The molecular weight excluding hydrogens is 325 g/mol. The highest BCUT2D eigenvalue weighted by atomic mass is 35.5. The van der Waals surface area contributed by atoms with Crippen LogP contribution in [0, 0.1) is 0 Å². The van der Waals surface area contributed by atoms with Crippen LogP contribution in [0.25, 0.3) is 0 Å². The minimum atomic E-state index is -0.498. The zero-order valence-electron chi connectivity index (χ0n) is 12.5. The highest BCUT2D eigenvalue weighted by molar-refractivity contribution is 6.36. The summed E-state index contributed by atoms with van der Waals surface area (Å²) >= 11 is 12.2. The Morgan fingerprint density at radius 1 is 1.27 bits per heavy atom. The fourth-order valence-electron chi connectivity index (χ4n) is 2.67. The lowest BCUT2D eigenvalue weighted by Crippen LogP contribution is -2.49. The van der Waals surface area contributed by atoms with Crippen LogP contribution in [-0.4, -0.2) is 36.0 Å². The molecule has 0 radical (unpaired) electrons. The minimum absolute atomic E-state index is 0.0917. The van der Waals surface area contributed by atoms with Crippen molar-refractivity contribution in [2.24, 2.45) is 0 Å². The van der Waals surface area contributed by atoms with Gasteiger partial charge in [0, 0.05) is 16.6 Å². The second kappa shape index (κ2) is 7.84. The molecule has 1 unspecified atom stereocenters. The number of hydrogen-bond donors (Lipinski definition) is 0. The Labute approximate surface area is 140 Å². The molecule has 22 heavy (non-hydrogen) atoms. The van der Waals surface area contributed by atoms with Gasteiger partial charge >= 0.3 is 5.97 Å². The number of benzene rings is 1. The number of amides is 1. The summed E-state index contributed by atoms with van der Waals surface area (Å²) in [5.74, 6) is -0.478. The van der Waals surface area contributed by atoms with E-state index in [0.29, 0.717) is 35.2 Å². The lowest BCUT2D eigenvalue weighted by atomic mass is 10.0. The number of halogens is 2. The van der Waals surface area contributed by atoms with Crippen LogP contribution in [0.2, 0.25) is 10.0 Å². The first-order chi connectivity index (χ1) is 10.5. The first kappa shape index (κ1) is 17.1. The average Bonchev–Trinajstić information content (AvgIpc) is 2.51. The molecule has 0 aliphatic carbocycles. The second-order valence-electron chi connectivity index (χ2n) is 5.23. The molecule has 1 aliphatic rings. The number of esters is 1. The molecule has 1 amide bonds. The topological polar surface area (TPSA) is 46.6 Å². The predicted molar refractivity (Wildman–Crippen MR) is 86.2 cm³/mol. The quantitative estimate of drug-likeness (QED) is 0.786. The van der Waals surface area contributed by atoms with Gasteiger partial charge in [-0.1, -0.05) is 29.3 Å². The summed E-state index contributed by atoms with van der Waals surface area (Å²) in [6.07, 6.45) is 2.53. The summed E-state index contributed by atoms with van der Waals surface area (Å²) in [6, 6.07) is 4.65. The molecule has 0 N–H and O–H groups in total. The molecule has 4 nitrogen and oxygen atoms in total. The van der Waals surface area contributed by atoms with E-state index in [0.717, 1.165) is 12.8 Å². The van der Waals surface area contributed by atoms with E-state index < -0.39 is 6.04 Å². The van der Waals surface area contributed by atoms with Crippen LogP contribution in [0.5, 0.6) is 0 Å². The van der Waals surface area contributed by atoms with Crippen molar-refractivity contribution < 1.29 is 14.3 Å². The van der Waals surface area contributed by atoms with Crippen molar-refractivity contribution in [3.05, 3.63) is 33.8 Å². The van der Waals surface area contributed by atoms with Crippen LogP contribution in [-0.2, 0) is 20.7 Å². The van der Waals surface area contributed by atoms with Crippen LogP contribution < -0.4 is 0 Å². The molecule has 0 bridgehead atoms. The highest BCUT2D eigenvalue weighted by Gasteiger charge is 2.33. The van der Waals surface area contributed by atoms with E-state index in [2.05, 4.69) is 0 Å².